The number of carbonyl (C=O) groups excluding carboxylic acids is 2. The first kappa shape index (κ1) is 19.3. The zero-order valence-electron chi connectivity index (χ0n) is 15.6. The lowest BCUT2D eigenvalue weighted by Gasteiger charge is -2.36. The summed E-state index contributed by atoms with van der Waals surface area (Å²) < 4.78 is 11.2. The average molecular weight is 347 g/mol. The predicted molar refractivity (Wildman–Crippen MR) is 96.4 cm³/mol. The maximum absolute atomic E-state index is 12.3. The third-order valence-corrected chi connectivity index (χ3v) is 4.99. The van der Waals surface area contributed by atoms with Crippen LogP contribution in [0.5, 0.6) is 5.75 Å². The van der Waals surface area contributed by atoms with Crippen LogP contribution in [0.2, 0.25) is 0 Å². The highest BCUT2D eigenvalue weighted by atomic mass is 16.6. The number of primary amides is 1. The second kappa shape index (κ2) is 8.37. The molecule has 0 radical (unpaired) electrons. The van der Waals surface area contributed by atoms with E-state index in [-0.39, 0.29) is 18.3 Å². The molecular weight excluding hydrogens is 318 g/mol. The van der Waals surface area contributed by atoms with E-state index in [1.807, 2.05) is 6.92 Å². The smallest absolute Gasteiger partial charge is 0.344 e. The molecule has 1 aromatic carbocycles. The number of amides is 1. The van der Waals surface area contributed by atoms with Crippen molar-refractivity contribution in [2.24, 2.45) is 23.5 Å². The summed E-state index contributed by atoms with van der Waals surface area (Å²) in [4.78, 5) is 23.7. The number of rotatable bonds is 6. The second-order valence-corrected chi connectivity index (χ2v) is 7.51. The van der Waals surface area contributed by atoms with Gasteiger partial charge in [-0.25, -0.2) is 4.79 Å². The van der Waals surface area contributed by atoms with Gasteiger partial charge in [0.25, 0.3) is 5.91 Å². The number of ether oxygens (including phenoxy) is 2. The molecule has 25 heavy (non-hydrogen) atoms. The van der Waals surface area contributed by atoms with Gasteiger partial charge in [-0.05, 0) is 55.2 Å². The van der Waals surface area contributed by atoms with E-state index < -0.39 is 11.9 Å². The Labute approximate surface area is 149 Å². The molecule has 5 heteroatoms. The molecule has 0 saturated heterocycles. The lowest BCUT2D eigenvalue weighted by Crippen LogP contribution is -2.37. The summed E-state index contributed by atoms with van der Waals surface area (Å²) in [5.41, 5.74) is 6.55. The molecule has 0 aliphatic heterocycles. The summed E-state index contributed by atoms with van der Waals surface area (Å²) in [6, 6.07) is 5.09. The van der Waals surface area contributed by atoms with E-state index in [4.69, 9.17) is 15.2 Å². The van der Waals surface area contributed by atoms with Gasteiger partial charge in [0, 0.05) is 0 Å². The number of hydrogen-bond acceptors (Lipinski definition) is 4. The van der Waals surface area contributed by atoms with Crippen molar-refractivity contribution < 1.29 is 19.1 Å². The van der Waals surface area contributed by atoms with Crippen LogP contribution in [0.15, 0.2) is 18.2 Å². The first-order chi connectivity index (χ1) is 11.8. The van der Waals surface area contributed by atoms with Gasteiger partial charge < -0.3 is 15.2 Å². The Hall–Kier alpha value is -2.04. The molecule has 0 heterocycles. The van der Waals surface area contributed by atoms with Crippen LogP contribution in [0, 0.1) is 24.7 Å². The van der Waals surface area contributed by atoms with Crippen molar-refractivity contribution in [3.63, 3.8) is 0 Å². The van der Waals surface area contributed by atoms with Crippen LogP contribution in [0.4, 0.5) is 0 Å². The minimum atomic E-state index is -0.579. The highest BCUT2D eigenvalue weighted by Gasteiger charge is 2.33. The molecule has 1 aliphatic carbocycles. The zero-order valence-corrected chi connectivity index (χ0v) is 15.6. The Morgan fingerprint density at radius 1 is 1.28 bits per heavy atom. The molecule has 5 nitrogen and oxygen atoms in total. The summed E-state index contributed by atoms with van der Waals surface area (Å²) in [5, 5.41) is 0. The fraction of sp³-hybridized carbons (Fsp3) is 0.600. The minimum absolute atomic E-state index is 0.0621. The van der Waals surface area contributed by atoms with Gasteiger partial charge in [-0.1, -0.05) is 33.3 Å². The van der Waals surface area contributed by atoms with Gasteiger partial charge in [0.05, 0.1) is 5.56 Å². The molecule has 2 N–H and O–H groups in total. The molecule has 1 aromatic rings. The number of nitrogens with two attached hydrogens (primary N) is 1. The summed E-state index contributed by atoms with van der Waals surface area (Å²) in [5.74, 6) is 0.768. The molecule has 0 unspecified atom stereocenters. The van der Waals surface area contributed by atoms with Crippen LogP contribution < -0.4 is 10.5 Å². The highest BCUT2D eigenvalue weighted by molar-refractivity contribution is 5.95. The van der Waals surface area contributed by atoms with Crippen LogP contribution in [0.1, 0.15) is 56.0 Å². The molecule has 0 aromatic heterocycles. The lowest BCUT2D eigenvalue weighted by molar-refractivity contribution is -0.158. The summed E-state index contributed by atoms with van der Waals surface area (Å²) in [6.07, 6.45) is 3.10. The summed E-state index contributed by atoms with van der Waals surface area (Å²) in [6.45, 7) is 8.19. The largest absolute Gasteiger partial charge is 0.481 e. The van der Waals surface area contributed by atoms with E-state index in [0.29, 0.717) is 23.5 Å². The first-order valence-electron chi connectivity index (χ1n) is 9.00. The number of aryl methyl sites for hydroxylation is 1. The molecule has 1 amide bonds. The fourth-order valence-electron chi connectivity index (χ4n) is 3.54. The quantitative estimate of drug-likeness (QED) is 0.799. The Kier molecular flexibility index (Phi) is 6.45. The SMILES string of the molecule is Cc1ccc(C(N)=O)c(OCC(=O)O[C@@H]2C[C@@H](C)CC[C@H]2C(C)C)c1. The Morgan fingerprint density at radius 3 is 2.64 bits per heavy atom. The third kappa shape index (κ3) is 5.21. The van der Waals surface area contributed by atoms with E-state index in [9.17, 15) is 9.59 Å². The molecular formula is C20H29NO4. The topological polar surface area (TPSA) is 78.6 Å². The first-order valence-corrected chi connectivity index (χ1v) is 9.00. The lowest BCUT2D eigenvalue weighted by atomic mass is 9.75. The molecule has 0 spiro atoms. The average Bonchev–Trinajstić information content (AvgIpc) is 2.52. The van der Waals surface area contributed by atoms with Crippen LogP contribution in [-0.2, 0) is 9.53 Å². The van der Waals surface area contributed by atoms with Crippen molar-refractivity contribution in [1.29, 1.82) is 0 Å². The van der Waals surface area contributed by atoms with E-state index in [1.165, 1.54) is 6.42 Å². The Balaban J connectivity index is 1.98. The number of carbonyl (C=O) groups is 2. The molecule has 138 valence electrons. The highest BCUT2D eigenvalue weighted by Crippen LogP contribution is 2.35. The van der Waals surface area contributed by atoms with Crippen molar-refractivity contribution in [3.05, 3.63) is 29.3 Å². The van der Waals surface area contributed by atoms with Gasteiger partial charge >= 0.3 is 5.97 Å². The Morgan fingerprint density at radius 2 is 2.00 bits per heavy atom. The van der Waals surface area contributed by atoms with Crippen LogP contribution in [0.3, 0.4) is 0 Å². The van der Waals surface area contributed by atoms with Crippen molar-refractivity contribution in [2.45, 2.75) is 53.1 Å². The zero-order chi connectivity index (χ0) is 18.6. The second-order valence-electron chi connectivity index (χ2n) is 7.51. The van der Waals surface area contributed by atoms with Crippen LogP contribution in [-0.4, -0.2) is 24.6 Å². The summed E-state index contributed by atoms with van der Waals surface area (Å²) >= 11 is 0. The van der Waals surface area contributed by atoms with Gasteiger partial charge in [0.15, 0.2) is 6.61 Å². The fourth-order valence-corrected chi connectivity index (χ4v) is 3.54. The van der Waals surface area contributed by atoms with Gasteiger partial charge in [0.1, 0.15) is 11.9 Å². The predicted octanol–water partition coefficient (Wildman–Crippen LogP) is 3.48. The minimum Gasteiger partial charge on any atom is -0.481 e. The van der Waals surface area contributed by atoms with Gasteiger partial charge in [-0.15, -0.1) is 0 Å². The number of hydrogen-bond donors (Lipinski definition) is 1. The van der Waals surface area contributed by atoms with E-state index >= 15 is 0 Å². The van der Waals surface area contributed by atoms with Gasteiger partial charge in [-0.3, -0.25) is 4.79 Å². The van der Waals surface area contributed by atoms with Crippen LogP contribution in [0.25, 0.3) is 0 Å². The summed E-state index contributed by atoms with van der Waals surface area (Å²) in [7, 11) is 0. The number of esters is 1. The van der Waals surface area contributed by atoms with Gasteiger partial charge in [-0.2, -0.15) is 0 Å². The Bertz CT molecular complexity index is 626. The normalized spacial score (nSPS) is 23.3. The maximum Gasteiger partial charge on any atom is 0.344 e. The third-order valence-electron chi connectivity index (χ3n) is 4.99. The van der Waals surface area contributed by atoms with E-state index in [1.54, 1.807) is 18.2 Å². The molecule has 1 saturated carbocycles. The molecule has 1 aliphatic rings. The van der Waals surface area contributed by atoms with Crippen molar-refractivity contribution in [2.75, 3.05) is 6.61 Å². The molecule has 2 rings (SSSR count). The molecule has 0 bridgehead atoms. The standard InChI is InChI=1S/C20H29NO4/c1-12(2)15-7-5-14(4)10-18(15)25-19(22)11-24-17-9-13(3)6-8-16(17)20(21)23/h6,8-9,12,14-15,18H,5,7,10-11H2,1-4H3,(H2,21,23)/t14-,15-,18+/m0/s1. The monoisotopic (exact) mass is 347 g/mol. The molecule has 1 fully saturated rings. The van der Waals surface area contributed by atoms with Crippen molar-refractivity contribution in [3.8, 4) is 5.75 Å². The van der Waals surface area contributed by atoms with E-state index in [0.717, 1.165) is 18.4 Å². The van der Waals surface area contributed by atoms with E-state index in [2.05, 4.69) is 20.8 Å². The van der Waals surface area contributed by atoms with Crippen LogP contribution >= 0.6 is 0 Å². The van der Waals surface area contributed by atoms with Gasteiger partial charge in [0.2, 0.25) is 0 Å². The molecule has 3 atom stereocenters. The van der Waals surface area contributed by atoms with Crippen molar-refractivity contribution >= 4 is 11.9 Å². The van der Waals surface area contributed by atoms with Crippen molar-refractivity contribution in [1.82, 2.24) is 0 Å². The maximum atomic E-state index is 12.3. The number of benzene rings is 1.